The van der Waals surface area contributed by atoms with Crippen LogP contribution in [0.1, 0.15) is 72.9 Å². The molecule has 37 heavy (non-hydrogen) atoms. The molecular weight excluding hydrogens is 480 g/mol. The van der Waals surface area contributed by atoms with E-state index in [1.807, 2.05) is 19.0 Å². The number of carbonyl (C=O) groups excluding carboxylic acids is 1. The molecule has 5 nitrogen and oxygen atoms in total. The van der Waals surface area contributed by atoms with Gasteiger partial charge in [-0.2, -0.15) is 0 Å². The molecule has 1 amide bonds. The Kier molecular flexibility index (Phi) is 8.98. The Hall–Kier alpha value is -2.96. The van der Waals surface area contributed by atoms with Gasteiger partial charge in [0, 0.05) is 6.54 Å². The van der Waals surface area contributed by atoms with Gasteiger partial charge in [-0.05, 0) is 90.9 Å². The third-order valence-corrected chi connectivity index (χ3v) is 7.96. The highest BCUT2D eigenvalue weighted by molar-refractivity contribution is 7.90. The van der Waals surface area contributed by atoms with Crippen molar-refractivity contribution in [3.63, 3.8) is 0 Å². The number of carbonyl (C=O) groups is 1. The number of benzene rings is 3. The molecule has 1 N–H and O–H groups in total. The van der Waals surface area contributed by atoms with Crippen LogP contribution in [0, 0.1) is 13.8 Å². The highest BCUT2D eigenvalue weighted by Crippen LogP contribution is 2.35. The van der Waals surface area contributed by atoms with Gasteiger partial charge in [-0.15, -0.1) is 0 Å². The molecule has 6 heteroatoms. The fraction of sp³-hybridized carbons (Fsp3) is 0.387. The van der Waals surface area contributed by atoms with E-state index >= 15 is 0 Å². The lowest BCUT2D eigenvalue weighted by molar-refractivity contribution is -0.118. The van der Waals surface area contributed by atoms with Crippen molar-refractivity contribution in [2.75, 3.05) is 14.1 Å². The van der Waals surface area contributed by atoms with E-state index < -0.39 is 15.9 Å². The number of rotatable bonds is 9. The third kappa shape index (κ3) is 7.08. The van der Waals surface area contributed by atoms with Crippen molar-refractivity contribution in [2.45, 2.75) is 71.2 Å². The van der Waals surface area contributed by atoms with E-state index in [0.717, 1.165) is 27.8 Å². The van der Waals surface area contributed by atoms with Crippen LogP contribution in [-0.4, -0.2) is 33.3 Å². The molecule has 0 aliphatic carbocycles. The number of nitrogens with zero attached hydrogens (tertiary/aromatic N) is 1. The van der Waals surface area contributed by atoms with Crippen LogP contribution in [0.4, 0.5) is 0 Å². The summed E-state index contributed by atoms with van der Waals surface area (Å²) in [5, 5.41) is 0. The molecule has 0 heterocycles. The molecule has 3 aromatic rings. The molecule has 0 fully saturated rings. The minimum atomic E-state index is -3.97. The molecule has 0 spiro atoms. The average Bonchev–Trinajstić information content (AvgIpc) is 2.78. The fourth-order valence-corrected chi connectivity index (χ4v) is 5.77. The molecule has 0 aromatic heterocycles. The molecule has 0 aliphatic heterocycles. The van der Waals surface area contributed by atoms with E-state index in [-0.39, 0.29) is 23.2 Å². The number of sulfonamides is 1. The quantitative estimate of drug-likeness (QED) is 0.358. The highest BCUT2D eigenvalue weighted by atomic mass is 32.2. The Morgan fingerprint density at radius 3 is 1.92 bits per heavy atom. The Labute approximate surface area is 223 Å². The van der Waals surface area contributed by atoms with Crippen LogP contribution >= 0.6 is 0 Å². The van der Waals surface area contributed by atoms with Crippen molar-refractivity contribution >= 4 is 15.9 Å². The lowest BCUT2D eigenvalue weighted by Gasteiger charge is -2.22. The second-order valence-corrected chi connectivity index (χ2v) is 12.5. The molecule has 0 atom stereocenters. The van der Waals surface area contributed by atoms with Gasteiger partial charge in [0.05, 0.1) is 11.3 Å². The minimum absolute atomic E-state index is 0.00608. The van der Waals surface area contributed by atoms with Gasteiger partial charge >= 0.3 is 0 Å². The standard InChI is InChI=1S/C31H40N2O3S/c1-20(2)28-16-25(27-14-9-22(5)15-23(27)6)17-29(21(3)4)30(28)18-31(34)32-37(35,36)26-12-10-24(11-13-26)19-33(7)8/h9-17,20-21H,18-19H2,1-8H3,(H,32,34). The van der Waals surface area contributed by atoms with Crippen LogP contribution < -0.4 is 4.72 Å². The van der Waals surface area contributed by atoms with Gasteiger partial charge in [0.25, 0.3) is 10.0 Å². The summed E-state index contributed by atoms with van der Waals surface area (Å²) in [5.74, 6) is -0.181. The van der Waals surface area contributed by atoms with E-state index in [2.05, 4.69) is 76.6 Å². The predicted octanol–water partition coefficient (Wildman–Crippen LogP) is 6.33. The predicted molar refractivity (Wildman–Crippen MR) is 152 cm³/mol. The van der Waals surface area contributed by atoms with Gasteiger partial charge in [-0.25, -0.2) is 13.1 Å². The number of aryl methyl sites for hydroxylation is 2. The molecule has 0 saturated heterocycles. The molecule has 0 radical (unpaired) electrons. The zero-order valence-electron chi connectivity index (χ0n) is 23.3. The summed E-state index contributed by atoms with van der Waals surface area (Å²) in [6, 6.07) is 17.4. The van der Waals surface area contributed by atoms with E-state index in [9.17, 15) is 13.2 Å². The second-order valence-electron chi connectivity index (χ2n) is 10.8. The molecular formula is C31H40N2O3S. The van der Waals surface area contributed by atoms with Gasteiger partial charge in [-0.3, -0.25) is 4.79 Å². The van der Waals surface area contributed by atoms with Crippen LogP contribution in [0.5, 0.6) is 0 Å². The summed E-state index contributed by atoms with van der Waals surface area (Å²) >= 11 is 0. The smallest absolute Gasteiger partial charge is 0.264 e. The zero-order chi connectivity index (χ0) is 27.5. The fourth-order valence-electron chi connectivity index (χ4n) is 4.79. The summed E-state index contributed by atoms with van der Waals surface area (Å²) in [7, 11) is -0.0559. The van der Waals surface area contributed by atoms with Gasteiger partial charge in [0.2, 0.25) is 5.91 Å². The first-order valence-corrected chi connectivity index (χ1v) is 14.3. The maximum absolute atomic E-state index is 13.1. The SMILES string of the molecule is Cc1ccc(-c2cc(C(C)C)c(CC(=O)NS(=O)(=O)c3ccc(CN(C)C)cc3)c(C(C)C)c2)c(C)c1. The maximum atomic E-state index is 13.1. The van der Waals surface area contributed by atoms with Gasteiger partial charge < -0.3 is 4.90 Å². The van der Waals surface area contributed by atoms with Gasteiger partial charge in [0.1, 0.15) is 0 Å². The van der Waals surface area contributed by atoms with Crippen molar-refractivity contribution in [1.29, 1.82) is 0 Å². The van der Waals surface area contributed by atoms with Crippen molar-refractivity contribution in [3.8, 4) is 11.1 Å². The Balaban J connectivity index is 1.94. The first kappa shape index (κ1) is 28.6. The molecule has 198 valence electrons. The topological polar surface area (TPSA) is 66.5 Å². The average molecular weight is 521 g/mol. The summed E-state index contributed by atoms with van der Waals surface area (Å²) in [4.78, 5) is 15.2. The molecule has 3 rings (SSSR count). The normalized spacial score (nSPS) is 12.0. The highest BCUT2D eigenvalue weighted by Gasteiger charge is 2.23. The van der Waals surface area contributed by atoms with Crippen LogP contribution in [0.2, 0.25) is 0 Å². The van der Waals surface area contributed by atoms with E-state index in [0.29, 0.717) is 6.54 Å². The summed E-state index contributed by atoms with van der Waals surface area (Å²) in [6.07, 6.45) is 0.00608. The number of hydrogen-bond donors (Lipinski definition) is 1. The van der Waals surface area contributed by atoms with E-state index in [4.69, 9.17) is 0 Å². The largest absolute Gasteiger partial charge is 0.305 e. The van der Waals surface area contributed by atoms with Crippen molar-refractivity contribution in [2.24, 2.45) is 0 Å². The monoisotopic (exact) mass is 520 g/mol. The molecule has 3 aromatic carbocycles. The summed E-state index contributed by atoms with van der Waals surface area (Å²) in [5.41, 5.74) is 8.78. The lowest BCUT2D eigenvalue weighted by atomic mass is 9.83. The minimum Gasteiger partial charge on any atom is -0.305 e. The van der Waals surface area contributed by atoms with Crippen LogP contribution in [0.25, 0.3) is 11.1 Å². The van der Waals surface area contributed by atoms with Crippen LogP contribution in [-0.2, 0) is 27.8 Å². The van der Waals surface area contributed by atoms with Crippen molar-refractivity contribution < 1.29 is 13.2 Å². The summed E-state index contributed by atoms with van der Waals surface area (Å²) in [6.45, 7) is 13.4. The van der Waals surface area contributed by atoms with E-state index in [1.54, 1.807) is 24.3 Å². The third-order valence-electron chi connectivity index (χ3n) is 6.57. The molecule has 0 bridgehead atoms. The first-order valence-electron chi connectivity index (χ1n) is 12.8. The molecule has 0 saturated carbocycles. The van der Waals surface area contributed by atoms with Gasteiger partial charge in [-0.1, -0.05) is 75.7 Å². The maximum Gasteiger partial charge on any atom is 0.264 e. The number of nitrogens with one attached hydrogen (secondary N) is 1. The number of hydrogen-bond acceptors (Lipinski definition) is 4. The van der Waals surface area contributed by atoms with Crippen molar-refractivity contribution in [1.82, 2.24) is 9.62 Å². The van der Waals surface area contributed by atoms with E-state index in [1.165, 1.54) is 16.7 Å². The van der Waals surface area contributed by atoms with Gasteiger partial charge in [0.15, 0.2) is 0 Å². The Bertz CT molecular complexity index is 1340. The molecule has 0 unspecified atom stereocenters. The van der Waals surface area contributed by atoms with Crippen LogP contribution in [0.15, 0.2) is 59.5 Å². The second kappa shape index (κ2) is 11.6. The van der Waals surface area contributed by atoms with Crippen molar-refractivity contribution in [3.05, 3.63) is 88.0 Å². The Morgan fingerprint density at radius 2 is 1.43 bits per heavy atom. The number of amides is 1. The molecule has 0 aliphatic rings. The first-order chi connectivity index (χ1) is 17.3. The summed E-state index contributed by atoms with van der Waals surface area (Å²) < 4.78 is 28.2. The zero-order valence-corrected chi connectivity index (χ0v) is 24.2. The van der Waals surface area contributed by atoms with Crippen LogP contribution in [0.3, 0.4) is 0 Å². The Morgan fingerprint density at radius 1 is 0.865 bits per heavy atom. The lowest BCUT2D eigenvalue weighted by Crippen LogP contribution is -2.32.